The quantitative estimate of drug-likeness (QED) is 0.448. The van der Waals surface area contributed by atoms with E-state index in [-0.39, 0.29) is 11.6 Å². The third kappa shape index (κ3) is 3.18. The van der Waals surface area contributed by atoms with Crippen LogP contribution < -0.4 is 0 Å². The number of hydrogen-bond donors (Lipinski definition) is 0. The van der Waals surface area contributed by atoms with Crippen molar-refractivity contribution in [2.75, 3.05) is 0 Å². The van der Waals surface area contributed by atoms with Crippen LogP contribution in [0.25, 0.3) is 44.9 Å². The van der Waals surface area contributed by atoms with Gasteiger partial charge in [-0.3, -0.25) is 0 Å². The smallest absolute Gasteiger partial charge is 0.181 e. The van der Waals surface area contributed by atoms with Crippen molar-refractivity contribution in [3.63, 3.8) is 0 Å². The summed E-state index contributed by atoms with van der Waals surface area (Å²) in [6.07, 6.45) is 0. The molecule has 0 N–H and O–H groups in total. The fourth-order valence-electron chi connectivity index (χ4n) is 3.29. The molecule has 0 fully saturated rings. The second-order valence-corrected chi connectivity index (χ2v) is 6.76. The van der Waals surface area contributed by atoms with Gasteiger partial charge in [-0.05, 0) is 77.2 Å². The van der Waals surface area contributed by atoms with Gasteiger partial charge in [0.25, 0.3) is 0 Å². The molecule has 6 nitrogen and oxygen atoms in total. The number of nitrogens with zero attached hydrogens (tertiary/aromatic N) is 6. The molecule has 0 aliphatic rings. The topological polar surface area (TPSA) is 69.4 Å². The summed E-state index contributed by atoms with van der Waals surface area (Å²) in [7, 11) is 1.76. The summed E-state index contributed by atoms with van der Waals surface area (Å²) in [6, 6.07) is 17.7. The Balaban J connectivity index is 1.75. The van der Waals surface area contributed by atoms with Crippen molar-refractivity contribution in [3.8, 4) is 33.9 Å². The molecule has 0 aliphatic carbocycles. The van der Waals surface area contributed by atoms with Crippen molar-refractivity contribution < 1.29 is 8.78 Å². The highest BCUT2D eigenvalue weighted by Crippen LogP contribution is 2.32. The largest absolute Gasteiger partial charge is 0.244 e. The molecule has 2 aromatic heterocycles. The molecule has 0 unspecified atom stereocenters. The molecule has 5 rings (SSSR count). The van der Waals surface area contributed by atoms with Gasteiger partial charge in [-0.25, -0.2) is 23.4 Å². The molecule has 0 bridgehead atoms. The van der Waals surface area contributed by atoms with Gasteiger partial charge in [-0.2, -0.15) is 0 Å². The Morgan fingerprint density at radius 3 is 1.73 bits per heavy atom. The first-order valence-corrected chi connectivity index (χ1v) is 9.15. The molecule has 0 aliphatic heterocycles. The molecule has 0 atom stereocenters. The third-order valence-corrected chi connectivity index (χ3v) is 4.78. The number of tetrazole rings is 1. The molecule has 0 saturated carbocycles. The summed E-state index contributed by atoms with van der Waals surface area (Å²) in [6.45, 7) is 0. The minimum atomic E-state index is -0.340. The summed E-state index contributed by atoms with van der Waals surface area (Å²) in [5.74, 6) is -0.0738. The normalized spacial score (nSPS) is 11.2. The number of benzene rings is 3. The molecule has 0 amide bonds. The van der Waals surface area contributed by atoms with Crippen LogP contribution in [-0.2, 0) is 7.05 Å². The van der Waals surface area contributed by atoms with Crippen LogP contribution in [0.5, 0.6) is 0 Å². The van der Waals surface area contributed by atoms with Gasteiger partial charge in [-0.15, -0.1) is 5.10 Å². The lowest BCUT2D eigenvalue weighted by atomic mass is 10.0. The number of rotatable bonds is 3. The highest BCUT2D eigenvalue weighted by molar-refractivity contribution is 5.88. The van der Waals surface area contributed by atoms with Gasteiger partial charge < -0.3 is 0 Å². The number of halogens is 2. The van der Waals surface area contributed by atoms with Crippen LogP contribution in [0.15, 0.2) is 66.7 Å². The van der Waals surface area contributed by atoms with E-state index in [9.17, 15) is 8.78 Å². The van der Waals surface area contributed by atoms with Crippen LogP contribution in [0, 0.1) is 11.6 Å². The minimum Gasteiger partial charge on any atom is -0.244 e. The van der Waals surface area contributed by atoms with E-state index in [2.05, 4.69) is 15.5 Å². The monoisotopic (exact) mass is 400 g/mol. The van der Waals surface area contributed by atoms with E-state index < -0.39 is 0 Å². The van der Waals surface area contributed by atoms with Crippen LogP contribution in [0.4, 0.5) is 8.78 Å². The predicted molar refractivity (Wildman–Crippen MR) is 108 cm³/mol. The van der Waals surface area contributed by atoms with E-state index in [1.807, 2.05) is 18.2 Å². The maximum Gasteiger partial charge on any atom is 0.181 e. The SMILES string of the molecule is Cn1nnnc1-c1ccc2nc(-c3ccc(F)cc3)c(-c3ccc(F)cc3)nc2c1. The summed E-state index contributed by atoms with van der Waals surface area (Å²) in [4.78, 5) is 9.60. The second-order valence-electron chi connectivity index (χ2n) is 6.76. The van der Waals surface area contributed by atoms with Gasteiger partial charge >= 0.3 is 0 Å². The average molecular weight is 400 g/mol. The third-order valence-electron chi connectivity index (χ3n) is 4.78. The molecule has 2 heterocycles. The molecule has 8 heteroatoms. The van der Waals surface area contributed by atoms with Crippen LogP contribution in [-0.4, -0.2) is 30.2 Å². The zero-order valence-corrected chi connectivity index (χ0v) is 15.8. The maximum absolute atomic E-state index is 13.5. The Morgan fingerprint density at radius 2 is 1.20 bits per heavy atom. The number of aromatic nitrogens is 6. The zero-order valence-electron chi connectivity index (χ0n) is 15.8. The van der Waals surface area contributed by atoms with E-state index in [1.165, 1.54) is 24.3 Å². The molecule has 5 aromatic rings. The number of hydrogen-bond acceptors (Lipinski definition) is 5. The number of aryl methyl sites for hydroxylation is 1. The zero-order chi connectivity index (χ0) is 20.7. The molecule has 0 spiro atoms. The summed E-state index contributed by atoms with van der Waals surface area (Å²) in [5, 5.41) is 11.6. The first-order chi connectivity index (χ1) is 14.6. The first kappa shape index (κ1) is 18.0. The standard InChI is InChI=1S/C22H14F2N6/c1-30-22(27-28-29-30)15-6-11-18-19(12-15)26-21(14-4-9-17(24)10-5-14)20(25-18)13-2-7-16(23)8-3-13/h2-12H,1H3. The lowest BCUT2D eigenvalue weighted by molar-refractivity contribution is 0.627. The van der Waals surface area contributed by atoms with Crippen molar-refractivity contribution in [3.05, 3.63) is 78.4 Å². The van der Waals surface area contributed by atoms with E-state index in [1.54, 1.807) is 36.0 Å². The van der Waals surface area contributed by atoms with Crippen molar-refractivity contribution in [1.29, 1.82) is 0 Å². The number of fused-ring (bicyclic) bond motifs is 1. The fraction of sp³-hybridized carbons (Fsp3) is 0.0455. The molecule has 30 heavy (non-hydrogen) atoms. The molecular formula is C22H14F2N6. The molecule has 3 aromatic carbocycles. The molecule has 0 saturated heterocycles. The van der Waals surface area contributed by atoms with Gasteiger partial charge in [0.15, 0.2) is 5.82 Å². The average Bonchev–Trinajstić information content (AvgIpc) is 3.19. The molecular weight excluding hydrogens is 386 g/mol. The molecule has 0 radical (unpaired) electrons. The Labute approximate surface area is 169 Å². The van der Waals surface area contributed by atoms with Gasteiger partial charge in [0.2, 0.25) is 0 Å². The van der Waals surface area contributed by atoms with Crippen molar-refractivity contribution in [2.45, 2.75) is 0 Å². The summed E-state index contributed by atoms with van der Waals surface area (Å²) >= 11 is 0. The van der Waals surface area contributed by atoms with Gasteiger partial charge in [0.1, 0.15) is 11.6 Å². The van der Waals surface area contributed by atoms with Crippen molar-refractivity contribution >= 4 is 11.0 Å². The van der Waals surface area contributed by atoms with Crippen LogP contribution in [0.3, 0.4) is 0 Å². The minimum absolute atomic E-state index is 0.335. The lowest BCUT2D eigenvalue weighted by Crippen LogP contribution is -1.98. The highest BCUT2D eigenvalue weighted by atomic mass is 19.1. The van der Waals surface area contributed by atoms with Crippen LogP contribution >= 0.6 is 0 Å². The maximum atomic E-state index is 13.5. The Kier molecular flexibility index (Phi) is 4.24. The van der Waals surface area contributed by atoms with Gasteiger partial charge in [0, 0.05) is 23.7 Å². The summed E-state index contributed by atoms with van der Waals surface area (Å²) in [5.41, 5.74) is 4.68. The fourth-order valence-corrected chi connectivity index (χ4v) is 3.29. The second kappa shape index (κ2) is 7.07. The van der Waals surface area contributed by atoms with E-state index in [4.69, 9.17) is 9.97 Å². The first-order valence-electron chi connectivity index (χ1n) is 9.15. The van der Waals surface area contributed by atoms with E-state index in [0.29, 0.717) is 39.4 Å². The van der Waals surface area contributed by atoms with E-state index in [0.717, 1.165) is 5.56 Å². The van der Waals surface area contributed by atoms with Crippen molar-refractivity contribution in [2.24, 2.45) is 7.05 Å². The van der Waals surface area contributed by atoms with Crippen LogP contribution in [0.2, 0.25) is 0 Å². The predicted octanol–water partition coefficient (Wildman–Crippen LogP) is 4.43. The Bertz CT molecular complexity index is 1360. The lowest BCUT2D eigenvalue weighted by Gasteiger charge is -2.11. The Morgan fingerprint density at radius 1 is 0.667 bits per heavy atom. The van der Waals surface area contributed by atoms with E-state index >= 15 is 0 Å². The Hall–Kier alpha value is -4.07. The van der Waals surface area contributed by atoms with Gasteiger partial charge in [0.05, 0.1) is 22.4 Å². The van der Waals surface area contributed by atoms with Crippen molar-refractivity contribution in [1.82, 2.24) is 30.2 Å². The highest BCUT2D eigenvalue weighted by Gasteiger charge is 2.15. The van der Waals surface area contributed by atoms with Gasteiger partial charge in [-0.1, -0.05) is 0 Å². The summed E-state index contributed by atoms with van der Waals surface area (Å²) < 4.78 is 28.5. The van der Waals surface area contributed by atoms with Crippen LogP contribution in [0.1, 0.15) is 0 Å². The molecule has 146 valence electrons.